The van der Waals surface area contributed by atoms with Crippen LogP contribution in [0.2, 0.25) is 0 Å². The van der Waals surface area contributed by atoms with Gasteiger partial charge in [0.2, 0.25) is 0 Å². The molecule has 0 aromatic heterocycles. The average molecular weight is 461 g/mol. The van der Waals surface area contributed by atoms with Crippen LogP contribution in [0.1, 0.15) is 31.9 Å². The molecule has 0 aliphatic rings. The van der Waals surface area contributed by atoms with Gasteiger partial charge < -0.3 is 31.2 Å². The Morgan fingerprint density at radius 1 is 0.788 bits per heavy atom. The number of carbonyl (C=O) groups is 2. The lowest BCUT2D eigenvalue weighted by Gasteiger charge is -2.21. The summed E-state index contributed by atoms with van der Waals surface area (Å²) in [6.07, 6.45) is 0.900. The van der Waals surface area contributed by atoms with Crippen LogP contribution in [0.5, 0.6) is 11.5 Å². The summed E-state index contributed by atoms with van der Waals surface area (Å²) in [7, 11) is 1.59. The minimum Gasteiger partial charge on any atom is -0.497 e. The van der Waals surface area contributed by atoms with Gasteiger partial charge in [0.25, 0.3) is 0 Å². The number of carboxylic acids is 2. The smallest absolute Gasteiger partial charge is 0.308 e. The second-order valence-electron chi connectivity index (χ2n) is 8.66. The second kappa shape index (κ2) is 13.4. The van der Waals surface area contributed by atoms with Gasteiger partial charge in [0.05, 0.1) is 18.9 Å². The van der Waals surface area contributed by atoms with E-state index in [-0.39, 0.29) is 18.7 Å². The highest BCUT2D eigenvalue weighted by Gasteiger charge is 2.17. The van der Waals surface area contributed by atoms with Crippen LogP contribution in [0.15, 0.2) is 48.5 Å². The summed E-state index contributed by atoms with van der Waals surface area (Å²) >= 11 is 0. The van der Waals surface area contributed by atoms with Crippen molar-refractivity contribution in [2.24, 2.45) is 23.3 Å². The first-order chi connectivity index (χ1) is 15.5. The molecule has 0 bridgehead atoms. The number of ether oxygens (including phenoxy) is 2. The predicted octanol–water partition coefficient (Wildman–Crippen LogP) is 2.96. The van der Waals surface area contributed by atoms with Crippen molar-refractivity contribution in [3.05, 3.63) is 59.7 Å². The molecule has 8 nitrogen and oxygen atoms in total. The molecule has 182 valence electrons. The Kier molecular flexibility index (Phi) is 11.4. The van der Waals surface area contributed by atoms with Crippen molar-refractivity contribution in [1.82, 2.24) is 0 Å². The molecule has 0 aliphatic heterocycles. The highest BCUT2D eigenvalue weighted by Crippen LogP contribution is 2.20. The van der Waals surface area contributed by atoms with Crippen LogP contribution in [0.3, 0.4) is 0 Å². The van der Waals surface area contributed by atoms with Crippen molar-refractivity contribution >= 4 is 11.9 Å². The SMILES string of the molecule is CC(C)(C)Oc1ccc(CC(CN)C(=O)O)cc1.COc1ccc(CC(CN)C(=O)O)cc1. The van der Waals surface area contributed by atoms with Gasteiger partial charge in [-0.05, 0) is 69.0 Å². The first-order valence-electron chi connectivity index (χ1n) is 10.8. The van der Waals surface area contributed by atoms with Gasteiger partial charge in [-0.15, -0.1) is 0 Å². The molecule has 0 aliphatic carbocycles. The van der Waals surface area contributed by atoms with Gasteiger partial charge in [-0.2, -0.15) is 0 Å². The zero-order chi connectivity index (χ0) is 25.0. The van der Waals surface area contributed by atoms with E-state index in [1.807, 2.05) is 69.3 Å². The fourth-order valence-corrected chi connectivity index (χ4v) is 2.92. The second-order valence-corrected chi connectivity index (χ2v) is 8.66. The molecular formula is C25H36N2O6. The van der Waals surface area contributed by atoms with Crippen LogP contribution in [0.25, 0.3) is 0 Å². The molecule has 8 heteroatoms. The standard InChI is InChI=1S/C14H21NO3.C11H15NO3/c1-14(2,3)18-12-6-4-10(5-7-12)8-11(9-15)13(16)17;1-15-10-4-2-8(3-5-10)6-9(7-12)11(13)14/h4-7,11H,8-9,15H2,1-3H3,(H,16,17);2-5,9H,6-7,12H2,1H3,(H,13,14). The quantitative estimate of drug-likeness (QED) is 0.423. The van der Waals surface area contributed by atoms with Gasteiger partial charge in [-0.25, -0.2) is 0 Å². The molecule has 0 saturated carbocycles. The minimum absolute atomic E-state index is 0.148. The summed E-state index contributed by atoms with van der Waals surface area (Å²) in [5.74, 6) is -1.21. The van der Waals surface area contributed by atoms with Crippen LogP contribution in [-0.2, 0) is 22.4 Å². The van der Waals surface area contributed by atoms with Crippen molar-refractivity contribution in [3.8, 4) is 11.5 Å². The molecule has 0 amide bonds. The maximum Gasteiger partial charge on any atom is 0.308 e. The summed E-state index contributed by atoms with van der Waals surface area (Å²) in [6.45, 7) is 6.25. The fraction of sp³-hybridized carbons (Fsp3) is 0.440. The van der Waals surface area contributed by atoms with Crippen molar-refractivity contribution in [2.75, 3.05) is 20.2 Å². The molecule has 2 unspecified atom stereocenters. The van der Waals surface area contributed by atoms with Crippen LogP contribution in [-0.4, -0.2) is 48.0 Å². The molecule has 6 N–H and O–H groups in total. The zero-order valence-corrected chi connectivity index (χ0v) is 19.8. The van der Waals surface area contributed by atoms with Gasteiger partial charge >= 0.3 is 11.9 Å². The number of methoxy groups -OCH3 is 1. The summed E-state index contributed by atoms with van der Waals surface area (Å²) in [5.41, 5.74) is 12.5. The third-order valence-corrected chi connectivity index (χ3v) is 4.74. The van der Waals surface area contributed by atoms with Crippen LogP contribution >= 0.6 is 0 Å². The number of hydrogen-bond donors (Lipinski definition) is 4. The van der Waals surface area contributed by atoms with E-state index in [0.29, 0.717) is 12.8 Å². The monoisotopic (exact) mass is 460 g/mol. The summed E-state index contributed by atoms with van der Waals surface area (Å²) in [4.78, 5) is 21.6. The highest BCUT2D eigenvalue weighted by atomic mass is 16.5. The molecule has 2 rings (SSSR count). The number of benzene rings is 2. The molecular weight excluding hydrogens is 424 g/mol. The Hall–Kier alpha value is -3.10. The minimum atomic E-state index is -0.854. The number of carboxylic acid groups (broad SMARTS) is 2. The summed E-state index contributed by atoms with van der Waals surface area (Å²) in [6, 6.07) is 14.8. The van der Waals surface area contributed by atoms with Gasteiger partial charge in [-0.3, -0.25) is 9.59 Å². The Balaban J connectivity index is 0.000000335. The molecule has 2 aromatic rings. The molecule has 0 radical (unpaired) electrons. The molecule has 0 fully saturated rings. The first-order valence-corrected chi connectivity index (χ1v) is 10.8. The normalized spacial score (nSPS) is 12.7. The molecule has 0 spiro atoms. The van der Waals surface area contributed by atoms with E-state index in [9.17, 15) is 9.59 Å². The lowest BCUT2D eigenvalue weighted by atomic mass is 9.99. The fourth-order valence-electron chi connectivity index (χ4n) is 2.92. The van der Waals surface area contributed by atoms with Crippen LogP contribution in [0, 0.1) is 11.8 Å². The first kappa shape index (κ1) is 27.9. The average Bonchev–Trinajstić information content (AvgIpc) is 2.76. The number of aliphatic carboxylic acids is 2. The molecule has 0 heterocycles. The molecule has 0 saturated heterocycles. The zero-order valence-electron chi connectivity index (χ0n) is 19.8. The van der Waals surface area contributed by atoms with E-state index >= 15 is 0 Å². The molecule has 2 atom stereocenters. The molecule has 2 aromatic carbocycles. The van der Waals surface area contributed by atoms with Gasteiger partial charge in [0.15, 0.2) is 0 Å². The maximum absolute atomic E-state index is 10.9. The van der Waals surface area contributed by atoms with E-state index < -0.39 is 23.8 Å². The van der Waals surface area contributed by atoms with E-state index in [1.54, 1.807) is 7.11 Å². The lowest BCUT2D eigenvalue weighted by molar-refractivity contribution is -0.142. The Labute approximate surface area is 195 Å². The van der Waals surface area contributed by atoms with Gasteiger partial charge in [0.1, 0.15) is 17.1 Å². The Morgan fingerprint density at radius 3 is 1.42 bits per heavy atom. The number of hydrogen-bond acceptors (Lipinski definition) is 6. The third-order valence-electron chi connectivity index (χ3n) is 4.74. The van der Waals surface area contributed by atoms with Crippen LogP contribution in [0.4, 0.5) is 0 Å². The van der Waals surface area contributed by atoms with E-state index in [1.165, 1.54) is 0 Å². The van der Waals surface area contributed by atoms with Gasteiger partial charge in [0, 0.05) is 13.1 Å². The lowest BCUT2D eigenvalue weighted by Crippen LogP contribution is -2.25. The van der Waals surface area contributed by atoms with Crippen molar-refractivity contribution in [2.45, 2.75) is 39.2 Å². The highest BCUT2D eigenvalue weighted by molar-refractivity contribution is 5.71. The van der Waals surface area contributed by atoms with Crippen molar-refractivity contribution < 1.29 is 29.3 Å². The van der Waals surface area contributed by atoms with Gasteiger partial charge in [-0.1, -0.05) is 24.3 Å². The maximum atomic E-state index is 10.9. The van der Waals surface area contributed by atoms with Crippen molar-refractivity contribution in [3.63, 3.8) is 0 Å². The third kappa shape index (κ3) is 10.9. The number of nitrogens with two attached hydrogens (primary N) is 2. The Bertz CT molecular complexity index is 860. The predicted molar refractivity (Wildman–Crippen MR) is 128 cm³/mol. The van der Waals surface area contributed by atoms with Crippen LogP contribution < -0.4 is 20.9 Å². The number of rotatable bonds is 10. The topological polar surface area (TPSA) is 145 Å². The Morgan fingerprint density at radius 2 is 1.15 bits per heavy atom. The van der Waals surface area contributed by atoms with E-state index in [4.69, 9.17) is 31.2 Å². The van der Waals surface area contributed by atoms with Crippen molar-refractivity contribution in [1.29, 1.82) is 0 Å². The summed E-state index contributed by atoms with van der Waals surface area (Å²) in [5, 5.41) is 17.8. The van der Waals surface area contributed by atoms with E-state index in [2.05, 4.69) is 0 Å². The summed E-state index contributed by atoms with van der Waals surface area (Å²) < 4.78 is 10.7. The largest absolute Gasteiger partial charge is 0.497 e. The molecule has 33 heavy (non-hydrogen) atoms. The van der Waals surface area contributed by atoms with E-state index in [0.717, 1.165) is 22.6 Å².